The first-order valence-corrected chi connectivity index (χ1v) is 10.3. The topological polar surface area (TPSA) is 122 Å². The molecule has 0 spiro atoms. The lowest BCUT2D eigenvalue weighted by molar-refractivity contribution is -0.146. The fraction of sp³-hybridized carbons (Fsp3) is 0.409. The maximum atomic E-state index is 13.3. The number of nitrogens with zero attached hydrogens (tertiary/aromatic N) is 4. The molecule has 3 heterocycles. The molecule has 0 radical (unpaired) electrons. The zero-order valence-corrected chi connectivity index (χ0v) is 17.6. The van der Waals surface area contributed by atoms with Crippen molar-refractivity contribution in [1.29, 1.82) is 0 Å². The van der Waals surface area contributed by atoms with Crippen molar-refractivity contribution < 1.29 is 19.1 Å². The lowest BCUT2D eigenvalue weighted by atomic mass is 9.79. The number of carbonyl (C=O) groups excluding carboxylic acids is 2. The summed E-state index contributed by atoms with van der Waals surface area (Å²) >= 11 is 0. The van der Waals surface area contributed by atoms with Gasteiger partial charge in [0.05, 0.1) is 25.8 Å². The minimum Gasteiger partial charge on any atom is -0.481 e. The van der Waals surface area contributed by atoms with E-state index in [4.69, 9.17) is 15.2 Å². The number of ketones is 1. The van der Waals surface area contributed by atoms with Crippen LogP contribution in [-0.4, -0.2) is 45.6 Å². The zero-order valence-electron chi connectivity index (χ0n) is 17.6. The molecule has 1 fully saturated rings. The van der Waals surface area contributed by atoms with Crippen LogP contribution in [0.3, 0.4) is 0 Å². The SMILES string of the molecule is COC(=O)C1CCC(CC(=O)c2cc(-c3ccnc(OC)c3)n3ncnc(N)c23)CC1. The van der Waals surface area contributed by atoms with Crippen molar-refractivity contribution >= 4 is 23.1 Å². The highest BCUT2D eigenvalue weighted by atomic mass is 16.5. The zero-order chi connectivity index (χ0) is 22.0. The predicted molar refractivity (Wildman–Crippen MR) is 114 cm³/mol. The van der Waals surface area contributed by atoms with Crippen LogP contribution >= 0.6 is 0 Å². The Morgan fingerprint density at radius 3 is 2.65 bits per heavy atom. The van der Waals surface area contributed by atoms with Gasteiger partial charge in [-0.05, 0) is 43.7 Å². The summed E-state index contributed by atoms with van der Waals surface area (Å²) in [5.41, 5.74) is 8.64. The monoisotopic (exact) mass is 423 g/mol. The number of fused-ring (bicyclic) bond motifs is 1. The molecule has 3 aromatic rings. The molecule has 1 saturated carbocycles. The maximum Gasteiger partial charge on any atom is 0.308 e. The van der Waals surface area contributed by atoms with Gasteiger partial charge in [0.1, 0.15) is 11.8 Å². The largest absolute Gasteiger partial charge is 0.481 e. The van der Waals surface area contributed by atoms with Crippen molar-refractivity contribution in [3.63, 3.8) is 0 Å². The van der Waals surface area contributed by atoms with E-state index in [0.29, 0.717) is 29.1 Å². The number of pyridine rings is 1. The van der Waals surface area contributed by atoms with Crippen LogP contribution in [0, 0.1) is 11.8 Å². The van der Waals surface area contributed by atoms with Gasteiger partial charge in [-0.15, -0.1) is 0 Å². The number of esters is 1. The minimum absolute atomic E-state index is 0.00668. The summed E-state index contributed by atoms with van der Waals surface area (Å²) in [6, 6.07) is 5.41. The van der Waals surface area contributed by atoms with E-state index in [1.165, 1.54) is 13.4 Å². The maximum absolute atomic E-state index is 13.3. The van der Waals surface area contributed by atoms with Crippen LogP contribution in [0.4, 0.5) is 5.82 Å². The second-order valence-corrected chi connectivity index (χ2v) is 7.80. The van der Waals surface area contributed by atoms with Gasteiger partial charge in [0.25, 0.3) is 0 Å². The molecular weight excluding hydrogens is 398 g/mol. The molecule has 9 nitrogen and oxygen atoms in total. The Bertz CT molecular complexity index is 1120. The van der Waals surface area contributed by atoms with E-state index < -0.39 is 0 Å². The fourth-order valence-electron chi connectivity index (χ4n) is 4.31. The van der Waals surface area contributed by atoms with Crippen LogP contribution < -0.4 is 10.5 Å². The van der Waals surface area contributed by atoms with Gasteiger partial charge in [-0.25, -0.2) is 14.5 Å². The van der Waals surface area contributed by atoms with Crippen molar-refractivity contribution in [3.05, 3.63) is 36.3 Å². The van der Waals surface area contributed by atoms with Crippen LogP contribution in [0.25, 0.3) is 16.8 Å². The van der Waals surface area contributed by atoms with E-state index >= 15 is 0 Å². The molecule has 0 aliphatic heterocycles. The van der Waals surface area contributed by atoms with Gasteiger partial charge in [-0.2, -0.15) is 5.10 Å². The highest BCUT2D eigenvalue weighted by Gasteiger charge is 2.29. The van der Waals surface area contributed by atoms with Gasteiger partial charge in [0.2, 0.25) is 5.88 Å². The predicted octanol–water partition coefficient (Wildman–Crippen LogP) is 2.93. The third kappa shape index (κ3) is 4.08. The standard InChI is InChI=1S/C22H25N5O4/c1-30-19-10-15(7-8-24-19)17-11-16(20-21(23)25-12-26-27(17)20)18(28)9-13-3-5-14(6-4-13)22(29)31-2/h7-8,10-14H,3-6,9H2,1-2H3,(H2,23,25,26). The average Bonchev–Trinajstić information content (AvgIpc) is 3.20. The molecule has 1 aliphatic rings. The summed E-state index contributed by atoms with van der Waals surface area (Å²) in [5.74, 6) is 0.700. The van der Waals surface area contributed by atoms with Crippen LogP contribution in [-0.2, 0) is 9.53 Å². The molecule has 0 atom stereocenters. The van der Waals surface area contributed by atoms with Crippen molar-refractivity contribution in [3.8, 4) is 17.1 Å². The summed E-state index contributed by atoms with van der Waals surface area (Å²) in [5, 5.41) is 4.32. The first-order chi connectivity index (χ1) is 15.0. The number of hydrogen-bond donors (Lipinski definition) is 1. The van der Waals surface area contributed by atoms with Crippen LogP contribution in [0.15, 0.2) is 30.7 Å². The molecular formula is C22H25N5O4. The van der Waals surface area contributed by atoms with Crippen molar-refractivity contribution in [2.24, 2.45) is 11.8 Å². The van der Waals surface area contributed by atoms with Gasteiger partial charge in [0, 0.05) is 29.8 Å². The summed E-state index contributed by atoms with van der Waals surface area (Å²) < 4.78 is 11.7. The van der Waals surface area contributed by atoms with E-state index in [1.807, 2.05) is 6.07 Å². The third-order valence-corrected chi connectivity index (χ3v) is 5.98. The number of anilines is 1. The van der Waals surface area contributed by atoms with E-state index in [2.05, 4.69) is 15.1 Å². The normalized spacial score (nSPS) is 18.6. The van der Waals surface area contributed by atoms with Crippen LogP contribution in [0.5, 0.6) is 5.88 Å². The molecule has 162 valence electrons. The number of methoxy groups -OCH3 is 2. The van der Waals surface area contributed by atoms with Gasteiger partial charge in [0.15, 0.2) is 11.6 Å². The highest BCUT2D eigenvalue weighted by Crippen LogP contribution is 2.34. The highest BCUT2D eigenvalue weighted by molar-refractivity contribution is 6.06. The first kappa shape index (κ1) is 20.8. The molecule has 31 heavy (non-hydrogen) atoms. The number of Topliss-reactive ketones (excluding diaryl/α,β-unsaturated/α-hetero) is 1. The Kier molecular flexibility index (Phi) is 5.83. The van der Waals surface area contributed by atoms with Gasteiger partial charge < -0.3 is 15.2 Å². The molecule has 0 saturated heterocycles. The summed E-state index contributed by atoms with van der Waals surface area (Å²) in [6.45, 7) is 0. The molecule has 4 rings (SSSR count). The number of aromatic nitrogens is 4. The molecule has 0 unspecified atom stereocenters. The molecule has 0 amide bonds. The Morgan fingerprint density at radius 2 is 1.94 bits per heavy atom. The minimum atomic E-state index is -0.162. The summed E-state index contributed by atoms with van der Waals surface area (Å²) in [7, 11) is 2.96. The smallest absolute Gasteiger partial charge is 0.308 e. The van der Waals surface area contributed by atoms with Crippen molar-refractivity contribution in [2.75, 3.05) is 20.0 Å². The van der Waals surface area contributed by atoms with E-state index in [-0.39, 0.29) is 29.4 Å². The Balaban J connectivity index is 1.62. The lowest BCUT2D eigenvalue weighted by Crippen LogP contribution is -2.24. The van der Waals surface area contributed by atoms with Crippen molar-refractivity contribution in [2.45, 2.75) is 32.1 Å². The average molecular weight is 423 g/mol. The van der Waals surface area contributed by atoms with Crippen LogP contribution in [0.1, 0.15) is 42.5 Å². The number of nitrogen functional groups attached to an aromatic ring is 1. The molecule has 3 aromatic heterocycles. The Morgan fingerprint density at radius 1 is 1.16 bits per heavy atom. The van der Waals surface area contributed by atoms with Gasteiger partial charge >= 0.3 is 5.97 Å². The summed E-state index contributed by atoms with van der Waals surface area (Å²) in [4.78, 5) is 33.2. The molecule has 9 heteroatoms. The second-order valence-electron chi connectivity index (χ2n) is 7.80. The van der Waals surface area contributed by atoms with Crippen molar-refractivity contribution in [1.82, 2.24) is 19.6 Å². The second kappa shape index (κ2) is 8.71. The Labute approximate surface area is 179 Å². The first-order valence-electron chi connectivity index (χ1n) is 10.3. The number of ether oxygens (including phenoxy) is 2. The molecule has 2 N–H and O–H groups in total. The van der Waals surface area contributed by atoms with E-state index in [0.717, 1.165) is 31.2 Å². The van der Waals surface area contributed by atoms with E-state index in [1.54, 1.807) is 30.0 Å². The van der Waals surface area contributed by atoms with Crippen LogP contribution in [0.2, 0.25) is 0 Å². The number of carbonyl (C=O) groups is 2. The lowest BCUT2D eigenvalue weighted by Gasteiger charge is -2.26. The molecule has 0 aromatic carbocycles. The molecule has 1 aliphatic carbocycles. The summed E-state index contributed by atoms with van der Waals surface area (Å²) in [6.07, 6.45) is 6.52. The fourth-order valence-corrected chi connectivity index (χ4v) is 4.31. The van der Waals surface area contributed by atoms with E-state index in [9.17, 15) is 9.59 Å². The number of rotatable bonds is 6. The quantitative estimate of drug-likeness (QED) is 0.474. The number of nitrogens with two attached hydrogens (primary N) is 1. The number of hydrogen-bond acceptors (Lipinski definition) is 8. The van der Waals surface area contributed by atoms with Gasteiger partial charge in [-0.3, -0.25) is 9.59 Å². The Hall–Kier alpha value is -3.49. The molecule has 0 bridgehead atoms. The van der Waals surface area contributed by atoms with Gasteiger partial charge in [-0.1, -0.05) is 0 Å². The third-order valence-electron chi connectivity index (χ3n) is 5.98.